The molecule has 2 fully saturated rings. The van der Waals surface area contributed by atoms with Crippen LogP contribution in [-0.2, 0) is 19.2 Å². The Morgan fingerprint density at radius 3 is 2.89 bits per heavy atom. The molecule has 0 bridgehead atoms. The molecule has 2 saturated heterocycles. The molecule has 0 aromatic rings. The van der Waals surface area contributed by atoms with E-state index in [0.29, 0.717) is 6.61 Å². The van der Waals surface area contributed by atoms with Gasteiger partial charge >= 0.3 is 0 Å². The molecule has 0 N–H and O–H groups in total. The number of hydrogen-bond donors (Lipinski definition) is 0. The quantitative estimate of drug-likeness (QED) is 0.705. The van der Waals surface area contributed by atoms with Gasteiger partial charge in [0.05, 0.1) is 0 Å². The molecule has 2 rings (SSSR count). The average Bonchev–Trinajstić information content (AvgIpc) is 2.65. The van der Waals surface area contributed by atoms with Crippen molar-refractivity contribution in [1.82, 2.24) is 5.06 Å². The summed E-state index contributed by atoms with van der Waals surface area (Å²) < 4.78 is 5.38. The maximum absolute atomic E-state index is 12.0. The Hall–Kier alpha value is -0.940. The van der Waals surface area contributed by atoms with Gasteiger partial charge in [0.15, 0.2) is 6.29 Å². The molecule has 5 nitrogen and oxygen atoms in total. The molecule has 0 spiro atoms. The molecule has 2 aliphatic rings. The van der Waals surface area contributed by atoms with Gasteiger partial charge in [-0.25, -0.2) is 4.84 Å². The van der Waals surface area contributed by atoms with Crippen molar-refractivity contribution < 1.29 is 19.2 Å². The first-order valence-corrected chi connectivity index (χ1v) is 6.87. The standard InChI is InChI=1S/C13H21NO4/c1-2-3-6-10-9-11(15)14(13(10)16)18-12-7-4-5-8-17-12/h10,12H,2-9H2,1H3. The Balaban J connectivity index is 1.87. The van der Waals surface area contributed by atoms with Crippen LogP contribution in [0.2, 0.25) is 0 Å². The monoisotopic (exact) mass is 255 g/mol. The van der Waals surface area contributed by atoms with E-state index in [-0.39, 0.29) is 24.2 Å². The molecule has 0 radical (unpaired) electrons. The normalized spacial score (nSPS) is 29.1. The topological polar surface area (TPSA) is 55.8 Å². The predicted octanol–water partition coefficient (Wildman–Crippen LogP) is 2.01. The van der Waals surface area contributed by atoms with Crippen molar-refractivity contribution in [3.63, 3.8) is 0 Å². The molecule has 2 unspecified atom stereocenters. The Labute approximate surface area is 107 Å². The van der Waals surface area contributed by atoms with Crippen molar-refractivity contribution in [3.8, 4) is 0 Å². The molecule has 2 atom stereocenters. The fourth-order valence-corrected chi connectivity index (χ4v) is 2.37. The third-order valence-corrected chi connectivity index (χ3v) is 3.46. The van der Waals surface area contributed by atoms with Crippen LogP contribution < -0.4 is 0 Å². The number of hydrogen-bond acceptors (Lipinski definition) is 4. The van der Waals surface area contributed by atoms with Crippen molar-refractivity contribution in [3.05, 3.63) is 0 Å². The second-order valence-electron chi connectivity index (χ2n) is 4.97. The molecule has 2 heterocycles. The summed E-state index contributed by atoms with van der Waals surface area (Å²) in [6.45, 7) is 2.71. The lowest BCUT2D eigenvalue weighted by Gasteiger charge is -2.25. The third-order valence-electron chi connectivity index (χ3n) is 3.46. The second kappa shape index (κ2) is 6.29. The lowest BCUT2D eigenvalue weighted by Crippen LogP contribution is -2.37. The average molecular weight is 255 g/mol. The minimum absolute atomic E-state index is 0.192. The first-order chi connectivity index (χ1) is 8.72. The molecule has 102 valence electrons. The molecule has 0 aromatic carbocycles. The van der Waals surface area contributed by atoms with Crippen LogP contribution in [0.3, 0.4) is 0 Å². The molecule has 2 aliphatic heterocycles. The lowest BCUT2D eigenvalue weighted by atomic mass is 10.0. The number of imide groups is 1. The first-order valence-electron chi connectivity index (χ1n) is 6.87. The largest absolute Gasteiger partial charge is 0.350 e. The van der Waals surface area contributed by atoms with Gasteiger partial charge in [0, 0.05) is 25.4 Å². The van der Waals surface area contributed by atoms with Gasteiger partial charge in [0.1, 0.15) is 0 Å². The molecule has 18 heavy (non-hydrogen) atoms. The van der Waals surface area contributed by atoms with Gasteiger partial charge < -0.3 is 4.74 Å². The number of carbonyl (C=O) groups is 2. The molecule has 5 heteroatoms. The molecule has 0 aliphatic carbocycles. The van der Waals surface area contributed by atoms with Crippen LogP contribution in [-0.4, -0.2) is 29.8 Å². The van der Waals surface area contributed by atoms with Crippen LogP contribution in [0.15, 0.2) is 0 Å². The van der Waals surface area contributed by atoms with E-state index >= 15 is 0 Å². The maximum atomic E-state index is 12.0. The van der Waals surface area contributed by atoms with Crippen LogP contribution in [0.25, 0.3) is 0 Å². The number of amides is 2. The third kappa shape index (κ3) is 3.09. The Kier molecular flexibility index (Phi) is 4.72. The zero-order chi connectivity index (χ0) is 13.0. The zero-order valence-corrected chi connectivity index (χ0v) is 10.9. The van der Waals surface area contributed by atoms with Gasteiger partial charge in [-0.2, -0.15) is 5.06 Å². The van der Waals surface area contributed by atoms with Gasteiger partial charge in [-0.1, -0.05) is 19.8 Å². The van der Waals surface area contributed by atoms with Gasteiger partial charge in [-0.3, -0.25) is 9.59 Å². The van der Waals surface area contributed by atoms with E-state index < -0.39 is 6.29 Å². The number of nitrogens with zero attached hydrogens (tertiary/aromatic N) is 1. The van der Waals surface area contributed by atoms with E-state index in [1.165, 1.54) is 0 Å². The SMILES string of the molecule is CCCCC1CC(=O)N(OC2CCCCO2)C1=O. The summed E-state index contributed by atoms with van der Waals surface area (Å²) in [5.41, 5.74) is 0. The maximum Gasteiger partial charge on any atom is 0.257 e. The summed E-state index contributed by atoms with van der Waals surface area (Å²) in [4.78, 5) is 29.2. The van der Waals surface area contributed by atoms with Crippen molar-refractivity contribution in [1.29, 1.82) is 0 Å². The number of carbonyl (C=O) groups excluding carboxylic acids is 2. The van der Waals surface area contributed by atoms with E-state index in [9.17, 15) is 9.59 Å². The Morgan fingerprint density at radius 2 is 2.22 bits per heavy atom. The van der Waals surface area contributed by atoms with Crippen LogP contribution >= 0.6 is 0 Å². The number of unbranched alkanes of at least 4 members (excludes halogenated alkanes) is 1. The van der Waals surface area contributed by atoms with E-state index in [1.54, 1.807) is 0 Å². The summed E-state index contributed by atoms with van der Waals surface area (Å²) >= 11 is 0. The highest BCUT2D eigenvalue weighted by atomic mass is 16.8. The first kappa shape index (κ1) is 13.5. The highest BCUT2D eigenvalue weighted by Gasteiger charge is 2.40. The smallest absolute Gasteiger partial charge is 0.257 e. The molecular weight excluding hydrogens is 234 g/mol. The molecule has 0 aromatic heterocycles. The number of rotatable bonds is 5. The van der Waals surface area contributed by atoms with Crippen LogP contribution in [0.5, 0.6) is 0 Å². The summed E-state index contributed by atoms with van der Waals surface area (Å²) in [5, 5.41) is 0.941. The zero-order valence-electron chi connectivity index (χ0n) is 10.9. The second-order valence-corrected chi connectivity index (χ2v) is 4.97. The Bertz CT molecular complexity index is 312. The summed E-state index contributed by atoms with van der Waals surface area (Å²) in [7, 11) is 0. The van der Waals surface area contributed by atoms with E-state index in [1.807, 2.05) is 0 Å². The predicted molar refractivity (Wildman–Crippen MR) is 64.2 cm³/mol. The number of hydroxylamine groups is 2. The van der Waals surface area contributed by atoms with Crippen molar-refractivity contribution in [2.24, 2.45) is 5.92 Å². The van der Waals surface area contributed by atoms with Crippen molar-refractivity contribution >= 4 is 11.8 Å². The molecular formula is C13H21NO4. The number of ether oxygens (including phenoxy) is 1. The van der Waals surface area contributed by atoms with E-state index in [2.05, 4.69) is 6.92 Å². The summed E-state index contributed by atoms with van der Waals surface area (Å²) in [6, 6.07) is 0. The highest BCUT2D eigenvalue weighted by Crippen LogP contribution is 2.26. The van der Waals surface area contributed by atoms with Crippen LogP contribution in [0, 0.1) is 5.92 Å². The summed E-state index contributed by atoms with van der Waals surface area (Å²) in [5.74, 6) is -0.612. The van der Waals surface area contributed by atoms with Gasteiger partial charge in [0.25, 0.3) is 11.8 Å². The van der Waals surface area contributed by atoms with Crippen LogP contribution in [0.1, 0.15) is 51.9 Å². The molecule has 0 saturated carbocycles. The fraction of sp³-hybridized carbons (Fsp3) is 0.846. The summed E-state index contributed by atoms with van der Waals surface area (Å²) in [6.07, 6.45) is 5.40. The van der Waals surface area contributed by atoms with Gasteiger partial charge in [0.2, 0.25) is 0 Å². The van der Waals surface area contributed by atoms with E-state index in [0.717, 1.165) is 43.6 Å². The molecule has 2 amide bonds. The van der Waals surface area contributed by atoms with Gasteiger partial charge in [-0.05, 0) is 19.3 Å². The van der Waals surface area contributed by atoms with E-state index in [4.69, 9.17) is 9.57 Å². The van der Waals surface area contributed by atoms with Crippen molar-refractivity contribution in [2.75, 3.05) is 6.61 Å². The van der Waals surface area contributed by atoms with Gasteiger partial charge in [-0.15, -0.1) is 0 Å². The minimum Gasteiger partial charge on any atom is -0.350 e. The minimum atomic E-state index is -0.434. The van der Waals surface area contributed by atoms with Crippen LogP contribution in [0.4, 0.5) is 0 Å². The van der Waals surface area contributed by atoms with Crippen molar-refractivity contribution in [2.45, 2.75) is 58.2 Å². The Morgan fingerprint density at radius 1 is 1.39 bits per heavy atom. The fourth-order valence-electron chi connectivity index (χ4n) is 2.37. The lowest BCUT2D eigenvalue weighted by molar-refractivity contribution is -0.267. The highest BCUT2D eigenvalue weighted by molar-refractivity contribution is 6.02.